The molecule has 0 aliphatic heterocycles. The second kappa shape index (κ2) is 5.32. The van der Waals surface area contributed by atoms with Crippen molar-refractivity contribution in [2.24, 2.45) is 0 Å². The molecule has 106 valence electrons. The Morgan fingerprint density at radius 3 is 3.00 bits per heavy atom. The zero-order valence-corrected chi connectivity index (χ0v) is 11.4. The molecule has 1 aromatic heterocycles. The summed E-state index contributed by atoms with van der Waals surface area (Å²) < 4.78 is 28.5. The molecule has 1 atom stereocenters. The maximum absolute atomic E-state index is 13.9. The Kier molecular flexibility index (Phi) is 3.53. The van der Waals surface area contributed by atoms with Crippen LogP contribution in [0.5, 0.6) is 0 Å². The van der Waals surface area contributed by atoms with Crippen LogP contribution in [0.3, 0.4) is 0 Å². The maximum Gasteiger partial charge on any atom is 0.151 e. The summed E-state index contributed by atoms with van der Waals surface area (Å²) >= 11 is 0. The topological polar surface area (TPSA) is 29.9 Å². The molecule has 3 nitrogen and oxygen atoms in total. The zero-order chi connectivity index (χ0) is 14.1. The lowest BCUT2D eigenvalue weighted by Crippen LogP contribution is -2.25. The molecule has 0 amide bonds. The molecule has 1 unspecified atom stereocenters. The number of rotatable bonds is 3. The smallest absolute Gasteiger partial charge is 0.151 e. The van der Waals surface area contributed by atoms with Crippen LogP contribution in [0.15, 0.2) is 24.4 Å². The Hall–Kier alpha value is -1.75. The first-order valence-electron chi connectivity index (χ1n) is 6.96. The van der Waals surface area contributed by atoms with E-state index < -0.39 is 11.6 Å². The van der Waals surface area contributed by atoms with Gasteiger partial charge in [-0.15, -0.1) is 0 Å². The Balaban J connectivity index is 2.04. The van der Waals surface area contributed by atoms with Gasteiger partial charge in [-0.1, -0.05) is 6.92 Å². The van der Waals surface area contributed by atoms with Gasteiger partial charge in [0.05, 0.1) is 6.20 Å². The van der Waals surface area contributed by atoms with E-state index in [0.717, 1.165) is 43.1 Å². The Bertz CT molecular complexity index is 622. The average molecular weight is 277 g/mol. The van der Waals surface area contributed by atoms with Crippen LogP contribution >= 0.6 is 0 Å². The fourth-order valence-electron chi connectivity index (χ4n) is 2.88. The molecule has 0 spiro atoms. The van der Waals surface area contributed by atoms with Crippen molar-refractivity contribution in [1.82, 2.24) is 15.1 Å². The summed E-state index contributed by atoms with van der Waals surface area (Å²) in [4.78, 5) is 0. The lowest BCUT2D eigenvalue weighted by Gasteiger charge is -2.23. The predicted octanol–water partition coefficient (Wildman–Crippen LogP) is 3.14. The molecule has 1 aliphatic rings. The van der Waals surface area contributed by atoms with E-state index in [1.807, 2.05) is 0 Å². The quantitative estimate of drug-likeness (QED) is 0.934. The van der Waals surface area contributed by atoms with Gasteiger partial charge in [-0.25, -0.2) is 13.5 Å². The molecule has 1 heterocycles. The van der Waals surface area contributed by atoms with Crippen LogP contribution in [0, 0.1) is 11.6 Å². The normalized spacial score (nSPS) is 18.1. The molecule has 1 N–H and O–H groups in total. The summed E-state index contributed by atoms with van der Waals surface area (Å²) in [5, 5.41) is 7.73. The van der Waals surface area contributed by atoms with Crippen LogP contribution in [-0.4, -0.2) is 16.3 Å². The van der Waals surface area contributed by atoms with Crippen molar-refractivity contribution in [2.75, 3.05) is 6.54 Å². The van der Waals surface area contributed by atoms with Gasteiger partial charge in [0, 0.05) is 23.4 Å². The summed E-state index contributed by atoms with van der Waals surface area (Å²) in [5.41, 5.74) is 2.46. The highest BCUT2D eigenvalue weighted by Gasteiger charge is 2.24. The highest BCUT2D eigenvalue weighted by molar-refractivity contribution is 5.38. The van der Waals surface area contributed by atoms with Crippen LogP contribution in [0.2, 0.25) is 0 Å². The zero-order valence-electron chi connectivity index (χ0n) is 11.4. The number of hydrogen-bond acceptors (Lipinski definition) is 2. The van der Waals surface area contributed by atoms with Gasteiger partial charge in [-0.2, -0.15) is 5.10 Å². The molecule has 1 aliphatic carbocycles. The van der Waals surface area contributed by atoms with Gasteiger partial charge >= 0.3 is 0 Å². The fourth-order valence-corrected chi connectivity index (χ4v) is 2.88. The van der Waals surface area contributed by atoms with Gasteiger partial charge < -0.3 is 5.32 Å². The van der Waals surface area contributed by atoms with Gasteiger partial charge in [0.15, 0.2) is 5.82 Å². The van der Waals surface area contributed by atoms with E-state index >= 15 is 0 Å². The van der Waals surface area contributed by atoms with Crippen LogP contribution in [0.25, 0.3) is 5.69 Å². The number of benzene rings is 1. The molecule has 0 bridgehead atoms. The van der Waals surface area contributed by atoms with Gasteiger partial charge in [0.2, 0.25) is 0 Å². The van der Waals surface area contributed by atoms with Crippen molar-refractivity contribution < 1.29 is 8.78 Å². The van der Waals surface area contributed by atoms with E-state index in [9.17, 15) is 8.78 Å². The van der Waals surface area contributed by atoms with Crippen LogP contribution < -0.4 is 5.32 Å². The summed E-state index contributed by atoms with van der Waals surface area (Å²) in [6.07, 6.45) is 4.77. The largest absolute Gasteiger partial charge is 0.310 e. The van der Waals surface area contributed by atoms with Crippen molar-refractivity contribution in [2.45, 2.75) is 32.2 Å². The lowest BCUT2D eigenvalue weighted by molar-refractivity contribution is 0.466. The molecule has 0 radical (unpaired) electrons. The molecule has 20 heavy (non-hydrogen) atoms. The molecular weight excluding hydrogens is 260 g/mol. The number of hydrogen-bond donors (Lipinski definition) is 1. The first kappa shape index (κ1) is 13.2. The van der Waals surface area contributed by atoms with Crippen LogP contribution in [0.4, 0.5) is 8.78 Å². The van der Waals surface area contributed by atoms with Crippen molar-refractivity contribution in [1.29, 1.82) is 0 Å². The maximum atomic E-state index is 13.9. The van der Waals surface area contributed by atoms with Crippen molar-refractivity contribution in [3.8, 4) is 5.69 Å². The number of fused-ring (bicyclic) bond motifs is 1. The van der Waals surface area contributed by atoms with E-state index in [4.69, 9.17) is 0 Å². The van der Waals surface area contributed by atoms with Crippen LogP contribution in [0.1, 0.15) is 37.1 Å². The summed E-state index contributed by atoms with van der Waals surface area (Å²) in [7, 11) is 0. The van der Waals surface area contributed by atoms with Crippen molar-refractivity contribution in [3.63, 3.8) is 0 Å². The van der Waals surface area contributed by atoms with E-state index in [1.165, 1.54) is 12.1 Å². The molecule has 0 fully saturated rings. The molecule has 2 aromatic rings. The minimum absolute atomic E-state index is 0.279. The molecule has 0 saturated heterocycles. The van der Waals surface area contributed by atoms with Crippen molar-refractivity contribution >= 4 is 0 Å². The molecule has 1 aromatic carbocycles. The summed E-state index contributed by atoms with van der Waals surface area (Å²) in [5.74, 6) is -1.15. The minimum Gasteiger partial charge on any atom is -0.310 e. The van der Waals surface area contributed by atoms with Gasteiger partial charge in [-0.05, 0) is 37.9 Å². The second-order valence-electron chi connectivity index (χ2n) is 5.06. The van der Waals surface area contributed by atoms with E-state index in [0.29, 0.717) is 5.69 Å². The summed E-state index contributed by atoms with van der Waals surface area (Å²) in [6, 6.07) is 3.88. The third-order valence-electron chi connectivity index (χ3n) is 3.77. The minimum atomic E-state index is -0.582. The third kappa shape index (κ3) is 2.22. The molecule has 3 rings (SSSR count). The Morgan fingerprint density at radius 1 is 1.40 bits per heavy atom. The molecule has 5 heteroatoms. The first-order valence-corrected chi connectivity index (χ1v) is 6.96. The highest BCUT2D eigenvalue weighted by Crippen LogP contribution is 2.31. The SMILES string of the molecule is CCNC1CCCc2c1cnn2-c1ccc(F)cc1F. The van der Waals surface area contributed by atoms with E-state index in [-0.39, 0.29) is 6.04 Å². The lowest BCUT2D eigenvalue weighted by atomic mass is 9.93. The monoisotopic (exact) mass is 277 g/mol. The van der Waals surface area contributed by atoms with Crippen LogP contribution in [-0.2, 0) is 6.42 Å². The first-order chi connectivity index (χ1) is 9.70. The number of halogens is 2. The summed E-state index contributed by atoms with van der Waals surface area (Å²) in [6.45, 7) is 2.96. The van der Waals surface area contributed by atoms with Gasteiger partial charge in [0.1, 0.15) is 11.5 Å². The number of nitrogens with zero attached hydrogens (tertiary/aromatic N) is 2. The molecule has 0 saturated carbocycles. The Labute approximate surface area is 116 Å². The standard InChI is InChI=1S/C15H17F2N3/c1-2-18-13-4-3-5-14-11(13)9-19-20(14)15-7-6-10(16)8-12(15)17/h6-9,13,18H,2-5H2,1H3. The highest BCUT2D eigenvalue weighted by atomic mass is 19.1. The average Bonchev–Trinajstić information content (AvgIpc) is 2.84. The predicted molar refractivity (Wildman–Crippen MR) is 72.8 cm³/mol. The number of nitrogens with one attached hydrogen (secondary N) is 1. The van der Waals surface area contributed by atoms with E-state index in [1.54, 1.807) is 10.9 Å². The Morgan fingerprint density at radius 2 is 2.25 bits per heavy atom. The molecular formula is C15H17F2N3. The van der Waals surface area contributed by atoms with Crippen molar-refractivity contribution in [3.05, 3.63) is 47.3 Å². The van der Waals surface area contributed by atoms with Gasteiger partial charge in [0.25, 0.3) is 0 Å². The number of aromatic nitrogens is 2. The van der Waals surface area contributed by atoms with Gasteiger partial charge in [-0.3, -0.25) is 0 Å². The van der Waals surface area contributed by atoms with E-state index in [2.05, 4.69) is 17.3 Å². The fraction of sp³-hybridized carbons (Fsp3) is 0.400. The second-order valence-corrected chi connectivity index (χ2v) is 5.06. The third-order valence-corrected chi connectivity index (χ3v) is 3.77.